The van der Waals surface area contributed by atoms with Gasteiger partial charge in [0.05, 0.1) is 23.3 Å². The molecule has 1 aliphatic rings. The van der Waals surface area contributed by atoms with E-state index >= 15 is 0 Å². The minimum Gasteiger partial charge on any atom is -0.480 e. The summed E-state index contributed by atoms with van der Waals surface area (Å²) in [6, 6.07) is 5.22. The van der Waals surface area contributed by atoms with Gasteiger partial charge < -0.3 is 14.6 Å². The first-order valence-corrected chi connectivity index (χ1v) is 9.74. The molecule has 12 heteroatoms. The van der Waals surface area contributed by atoms with Crippen LogP contribution in [0.15, 0.2) is 42.5 Å². The summed E-state index contributed by atoms with van der Waals surface area (Å²) < 4.78 is 103. The van der Waals surface area contributed by atoms with Crippen LogP contribution in [0.2, 0.25) is 0 Å². The Kier molecular flexibility index (Phi) is 6.78. The van der Waals surface area contributed by atoms with Crippen molar-refractivity contribution in [2.75, 3.05) is 6.61 Å². The van der Waals surface area contributed by atoms with Crippen LogP contribution in [0.3, 0.4) is 0 Å². The Labute approximate surface area is 188 Å². The predicted molar refractivity (Wildman–Crippen MR) is 101 cm³/mol. The van der Waals surface area contributed by atoms with E-state index in [9.17, 15) is 40.3 Å². The van der Waals surface area contributed by atoms with Gasteiger partial charge in [-0.25, -0.2) is 9.18 Å². The normalized spacial score (nSPS) is 21.2. The average molecular weight is 494 g/mol. The first kappa shape index (κ1) is 25.6. The van der Waals surface area contributed by atoms with Gasteiger partial charge >= 0.3 is 18.3 Å². The van der Waals surface area contributed by atoms with Crippen LogP contribution in [-0.2, 0) is 26.6 Å². The number of aliphatic carboxylic acids is 1. The molecule has 0 heterocycles. The quantitative estimate of drug-likeness (QED) is 0.391. The van der Waals surface area contributed by atoms with Crippen molar-refractivity contribution >= 4 is 11.8 Å². The number of hydrogen-bond donors (Lipinski definition) is 1. The van der Waals surface area contributed by atoms with Gasteiger partial charge in [0.2, 0.25) is 0 Å². The van der Waals surface area contributed by atoms with Crippen molar-refractivity contribution in [3.05, 3.63) is 70.5 Å². The number of carbonyl (C=O) groups excluding carboxylic acids is 1. The Morgan fingerprint density at radius 2 is 1.56 bits per heavy atom. The van der Waals surface area contributed by atoms with Crippen LogP contribution in [0.1, 0.15) is 46.5 Å². The highest BCUT2D eigenvalue weighted by Gasteiger charge is 2.63. The molecule has 1 fully saturated rings. The lowest BCUT2D eigenvalue weighted by molar-refractivity contribution is -0.145. The molecule has 0 aromatic heterocycles. The van der Waals surface area contributed by atoms with Crippen LogP contribution in [0.4, 0.5) is 30.7 Å². The summed E-state index contributed by atoms with van der Waals surface area (Å²) in [5.74, 6) is -2.82. The standard InChI is InChI=1S/C22H17F7O5/c1-11(13-6-14(21(24,25)26)8-15(7-13)22(27,28)29)34-17-9-20(17,33-10-18(30)31)19(32)12-2-4-16(23)5-3-12/h2-8,11,17H,9-10H2,1H3,(H,30,31)/t11-,17?,20?/m1/s1. The first-order chi connectivity index (χ1) is 15.6. The summed E-state index contributed by atoms with van der Waals surface area (Å²) in [6.07, 6.45) is -12.8. The maximum Gasteiger partial charge on any atom is 0.416 e. The molecule has 2 unspecified atom stereocenters. The third-order valence-corrected chi connectivity index (χ3v) is 5.24. The molecule has 0 amide bonds. The minimum absolute atomic E-state index is 0.0222. The molecule has 0 saturated heterocycles. The molecule has 3 atom stereocenters. The van der Waals surface area contributed by atoms with Gasteiger partial charge in [-0.05, 0) is 55.0 Å². The molecule has 3 rings (SSSR count). The molecule has 0 spiro atoms. The monoisotopic (exact) mass is 494 g/mol. The zero-order chi connectivity index (χ0) is 25.5. The van der Waals surface area contributed by atoms with Crippen LogP contribution >= 0.6 is 0 Å². The molecule has 1 saturated carbocycles. The van der Waals surface area contributed by atoms with Gasteiger partial charge in [-0.1, -0.05) is 0 Å². The van der Waals surface area contributed by atoms with E-state index in [2.05, 4.69) is 0 Å². The summed E-state index contributed by atoms with van der Waals surface area (Å²) in [6.45, 7) is 0.279. The second kappa shape index (κ2) is 8.99. The minimum atomic E-state index is -5.05. The molecule has 1 aliphatic carbocycles. The van der Waals surface area contributed by atoms with Crippen LogP contribution in [0.5, 0.6) is 0 Å². The second-order valence-electron chi connectivity index (χ2n) is 7.72. The number of carbonyl (C=O) groups is 2. The fourth-order valence-corrected chi connectivity index (χ4v) is 3.41. The molecular formula is C22H17F7O5. The number of carboxylic acids is 1. The Bertz CT molecular complexity index is 1050. The maximum absolute atomic E-state index is 13.2. The summed E-state index contributed by atoms with van der Waals surface area (Å²) in [7, 11) is 0. The number of alkyl halides is 6. The third-order valence-electron chi connectivity index (χ3n) is 5.24. The van der Waals surface area contributed by atoms with Crippen molar-refractivity contribution in [1.29, 1.82) is 0 Å². The van der Waals surface area contributed by atoms with E-state index in [0.29, 0.717) is 12.1 Å². The summed E-state index contributed by atoms with van der Waals surface area (Å²) in [5.41, 5.74) is -5.38. The summed E-state index contributed by atoms with van der Waals surface area (Å²) in [5, 5.41) is 8.91. The number of benzene rings is 2. The average Bonchev–Trinajstić information content (AvgIpc) is 3.44. The molecule has 34 heavy (non-hydrogen) atoms. The third kappa shape index (κ3) is 5.55. The van der Waals surface area contributed by atoms with E-state index in [1.165, 1.54) is 6.92 Å². The Morgan fingerprint density at radius 3 is 2.03 bits per heavy atom. The highest BCUT2D eigenvalue weighted by Crippen LogP contribution is 2.48. The predicted octanol–water partition coefficient (Wildman–Crippen LogP) is 5.44. The number of ketones is 1. The Hall–Kier alpha value is -2.99. The fourth-order valence-electron chi connectivity index (χ4n) is 3.41. The molecular weight excluding hydrogens is 477 g/mol. The summed E-state index contributed by atoms with van der Waals surface area (Å²) in [4.78, 5) is 23.9. The Balaban J connectivity index is 1.88. The largest absolute Gasteiger partial charge is 0.480 e. The zero-order valence-corrected chi connectivity index (χ0v) is 17.3. The highest BCUT2D eigenvalue weighted by molar-refractivity contribution is 6.05. The topological polar surface area (TPSA) is 72.8 Å². The van der Waals surface area contributed by atoms with Crippen molar-refractivity contribution in [1.82, 2.24) is 0 Å². The lowest BCUT2D eigenvalue weighted by Crippen LogP contribution is -2.34. The van der Waals surface area contributed by atoms with Crippen LogP contribution < -0.4 is 0 Å². The number of rotatable bonds is 8. The molecule has 184 valence electrons. The van der Waals surface area contributed by atoms with Crippen LogP contribution in [0, 0.1) is 5.82 Å². The SMILES string of the molecule is C[C@@H](OC1CC1(OCC(=O)O)C(=O)c1ccc(F)cc1)c1cc(C(F)(F)F)cc(C(F)(F)F)c1. The highest BCUT2D eigenvalue weighted by atomic mass is 19.4. The van der Waals surface area contributed by atoms with Gasteiger partial charge in [0.1, 0.15) is 12.4 Å². The van der Waals surface area contributed by atoms with Crippen molar-refractivity contribution in [2.45, 2.75) is 43.5 Å². The van der Waals surface area contributed by atoms with E-state index < -0.39 is 71.0 Å². The van der Waals surface area contributed by atoms with Gasteiger partial charge in [0.25, 0.3) is 0 Å². The van der Waals surface area contributed by atoms with Crippen molar-refractivity contribution in [3.8, 4) is 0 Å². The molecule has 0 aliphatic heterocycles. The number of carboxylic acid groups (broad SMARTS) is 1. The van der Waals surface area contributed by atoms with E-state index in [1.807, 2.05) is 0 Å². The molecule has 1 N–H and O–H groups in total. The smallest absolute Gasteiger partial charge is 0.416 e. The maximum atomic E-state index is 13.2. The Morgan fingerprint density at radius 1 is 1.03 bits per heavy atom. The van der Waals surface area contributed by atoms with E-state index in [1.54, 1.807) is 0 Å². The molecule has 0 radical (unpaired) electrons. The number of Topliss-reactive ketones (excluding diaryl/α,β-unsaturated/α-hetero) is 1. The molecule has 0 bridgehead atoms. The van der Waals surface area contributed by atoms with Gasteiger partial charge in [0.15, 0.2) is 11.4 Å². The van der Waals surface area contributed by atoms with E-state index in [0.717, 1.165) is 24.3 Å². The second-order valence-corrected chi connectivity index (χ2v) is 7.72. The number of halogens is 7. The van der Waals surface area contributed by atoms with Crippen molar-refractivity contribution in [2.24, 2.45) is 0 Å². The van der Waals surface area contributed by atoms with Crippen LogP contribution in [0.25, 0.3) is 0 Å². The number of hydrogen-bond acceptors (Lipinski definition) is 4. The first-order valence-electron chi connectivity index (χ1n) is 9.74. The van der Waals surface area contributed by atoms with Crippen LogP contribution in [-0.4, -0.2) is 35.2 Å². The van der Waals surface area contributed by atoms with Gasteiger partial charge in [-0.2, -0.15) is 26.3 Å². The lowest BCUT2D eigenvalue weighted by atomic mass is 10.0. The van der Waals surface area contributed by atoms with Gasteiger partial charge in [-0.15, -0.1) is 0 Å². The zero-order valence-electron chi connectivity index (χ0n) is 17.3. The van der Waals surface area contributed by atoms with Gasteiger partial charge in [-0.3, -0.25) is 4.79 Å². The van der Waals surface area contributed by atoms with E-state index in [4.69, 9.17) is 14.6 Å². The van der Waals surface area contributed by atoms with Crippen molar-refractivity contribution < 1.29 is 54.9 Å². The molecule has 5 nitrogen and oxygen atoms in total. The lowest BCUT2D eigenvalue weighted by Gasteiger charge is -2.21. The fraction of sp³-hybridized carbons (Fsp3) is 0.364. The van der Waals surface area contributed by atoms with Gasteiger partial charge in [0, 0.05) is 12.0 Å². The van der Waals surface area contributed by atoms with E-state index in [-0.39, 0.29) is 18.1 Å². The molecule has 2 aromatic carbocycles. The summed E-state index contributed by atoms with van der Waals surface area (Å²) >= 11 is 0. The number of ether oxygens (including phenoxy) is 2. The van der Waals surface area contributed by atoms with Crippen molar-refractivity contribution in [3.63, 3.8) is 0 Å². The molecule has 2 aromatic rings.